The zero-order chi connectivity index (χ0) is 16.7. The Balaban J connectivity index is 2.31. The molecule has 0 aromatic heterocycles. The number of unbranched alkanes of at least 4 members (excludes halogenated alkanes) is 1. The van der Waals surface area contributed by atoms with Crippen molar-refractivity contribution in [1.82, 2.24) is 4.72 Å². The standard InChI is InChI=1S/C19H21NO2S/c1-3-5-8-16-9-6-7-10-19(16)17-11-13-18(14-12-17)23(21,22)20-15-4-2/h6-7,9-14,20H,3,5,8H2,1-2H3. The molecule has 0 saturated heterocycles. The quantitative estimate of drug-likeness (QED) is 0.645. The highest BCUT2D eigenvalue weighted by Gasteiger charge is 2.12. The van der Waals surface area contributed by atoms with Crippen LogP contribution in [0.2, 0.25) is 0 Å². The molecule has 0 bridgehead atoms. The van der Waals surface area contributed by atoms with Crippen molar-refractivity contribution in [1.29, 1.82) is 0 Å². The van der Waals surface area contributed by atoms with Gasteiger partial charge >= 0.3 is 0 Å². The summed E-state index contributed by atoms with van der Waals surface area (Å²) < 4.78 is 26.3. The van der Waals surface area contributed by atoms with Crippen molar-refractivity contribution in [3.63, 3.8) is 0 Å². The smallest absolute Gasteiger partial charge is 0.238 e. The summed E-state index contributed by atoms with van der Waals surface area (Å²) in [6.45, 7) is 3.76. The molecule has 0 spiro atoms. The van der Waals surface area contributed by atoms with Gasteiger partial charge in [0.05, 0.1) is 4.90 Å². The van der Waals surface area contributed by atoms with Gasteiger partial charge in [0.1, 0.15) is 0 Å². The van der Waals surface area contributed by atoms with Crippen LogP contribution in [0.1, 0.15) is 32.3 Å². The number of rotatable bonds is 6. The zero-order valence-corrected chi connectivity index (χ0v) is 14.3. The molecule has 0 heterocycles. The van der Waals surface area contributed by atoms with Crippen molar-refractivity contribution in [3.05, 3.63) is 54.1 Å². The number of benzene rings is 2. The molecule has 0 amide bonds. The molecule has 2 aromatic carbocycles. The van der Waals surface area contributed by atoms with Crippen LogP contribution in [0.3, 0.4) is 0 Å². The monoisotopic (exact) mass is 327 g/mol. The van der Waals surface area contributed by atoms with E-state index in [0.29, 0.717) is 0 Å². The summed E-state index contributed by atoms with van der Waals surface area (Å²) in [7, 11) is -3.57. The predicted octanol–water partition coefficient (Wildman–Crippen LogP) is 3.96. The fourth-order valence-corrected chi connectivity index (χ4v) is 3.23. The fourth-order valence-electron chi connectivity index (χ4n) is 2.38. The summed E-state index contributed by atoms with van der Waals surface area (Å²) in [6.07, 6.45) is 3.32. The Morgan fingerprint density at radius 3 is 2.39 bits per heavy atom. The summed E-state index contributed by atoms with van der Waals surface area (Å²) in [4.78, 5) is 0.218. The molecule has 2 rings (SSSR count). The van der Waals surface area contributed by atoms with E-state index in [-0.39, 0.29) is 4.90 Å². The van der Waals surface area contributed by atoms with Crippen LogP contribution in [0.15, 0.2) is 53.4 Å². The minimum Gasteiger partial charge on any atom is -0.238 e. The molecule has 0 radical (unpaired) electrons. The molecule has 0 aliphatic heterocycles. The lowest BCUT2D eigenvalue weighted by molar-refractivity contribution is 0.591. The number of nitrogens with one attached hydrogen (secondary N) is 1. The van der Waals surface area contributed by atoms with Gasteiger partial charge in [-0.3, -0.25) is 0 Å². The maximum atomic E-state index is 12.0. The van der Waals surface area contributed by atoms with E-state index in [1.165, 1.54) is 5.56 Å². The van der Waals surface area contributed by atoms with Crippen LogP contribution in [0.5, 0.6) is 0 Å². The fraction of sp³-hybridized carbons (Fsp3) is 0.263. The molecule has 23 heavy (non-hydrogen) atoms. The molecule has 0 saturated carbocycles. The van der Waals surface area contributed by atoms with E-state index in [2.05, 4.69) is 35.7 Å². The maximum absolute atomic E-state index is 12.0. The van der Waals surface area contributed by atoms with Gasteiger partial charge < -0.3 is 0 Å². The van der Waals surface area contributed by atoms with Crippen molar-refractivity contribution in [3.8, 4) is 23.1 Å². The average molecular weight is 327 g/mol. The molecular formula is C19H21NO2S. The summed E-state index contributed by atoms with van der Waals surface area (Å²) in [6, 6.07) is 17.6. The normalized spacial score (nSPS) is 10.7. The molecular weight excluding hydrogens is 306 g/mol. The van der Waals surface area contributed by atoms with Crippen LogP contribution in [-0.4, -0.2) is 8.42 Å². The average Bonchev–Trinajstić information content (AvgIpc) is 2.58. The maximum Gasteiger partial charge on any atom is 0.268 e. The molecule has 2 aromatic rings. The first-order valence-electron chi connectivity index (χ1n) is 7.70. The van der Waals surface area contributed by atoms with E-state index < -0.39 is 10.0 Å². The first-order chi connectivity index (χ1) is 11.1. The SMILES string of the molecule is CC#CNS(=O)(=O)c1ccc(-c2ccccc2CCCC)cc1. The number of hydrogen-bond acceptors (Lipinski definition) is 2. The van der Waals surface area contributed by atoms with Crippen molar-refractivity contribution in [2.75, 3.05) is 0 Å². The number of sulfonamides is 1. The molecule has 1 N–H and O–H groups in total. The lowest BCUT2D eigenvalue weighted by atomic mass is 9.96. The first kappa shape index (κ1) is 17.1. The van der Waals surface area contributed by atoms with E-state index in [9.17, 15) is 8.42 Å². The third-order valence-electron chi connectivity index (χ3n) is 3.60. The van der Waals surface area contributed by atoms with Gasteiger partial charge in [0, 0.05) is 6.04 Å². The predicted molar refractivity (Wildman–Crippen MR) is 94.3 cm³/mol. The molecule has 3 nitrogen and oxygen atoms in total. The van der Waals surface area contributed by atoms with Crippen molar-refractivity contribution < 1.29 is 8.42 Å². The van der Waals surface area contributed by atoms with E-state index in [4.69, 9.17) is 0 Å². The van der Waals surface area contributed by atoms with Gasteiger partial charge in [0.15, 0.2) is 0 Å². The van der Waals surface area contributed by atoms with E-state index >= 15 is 0 Å². The molecule has 4 heteroatoms. The Bertz CT molecular complexity index is 812. The van der Waals surface area contributed by atoms with Gasteiger partial charge in [0.25, 0.3) is 10.0 Å². The lowest BCUT2D eigenvalue weighted by Crippen LogP contribution is -2.18. The van der Waals surface area contributed by atoms with Crippen molar-refractivity contribution in [2.24, 2.45) is 0 Å². The second-order valence-electron chi connectivity index (χ2n) is 5.27. The second-order valence-corrected chi connectivity index (χ2v) is 6.95. The highest BCUT2D eigenvalue weighted by atomic mass is 32.2. The molecule has 0 unspecified atom stereocenters. The van der Waals surface area contributed by atoms with Gasteiger partial charge in [-0.2, -0.15) is 0 Å². The lowest BCUT2D eigenvalue weighted by Gasteiger charge is -2.10. The molecule has 0 aliphatic carbocycles. The molecule has 0 fully saturated rings. The van der Waals surface area contributed by atoms with Gasteiger partial charge in [-0.1, -0.05) is 55.7 Å². The topological polar surface area (TPSA) is 46.2 Å². The Labute approximate surface area is 138 Å². The number of hydrogen-bond donors (Lipinski definition) is 1. The Morgan fingerprint density at radius 1 is 1.04 bits per heavy atom. The minimum absolute atomic E-state index is 0.218. The first-order valence-corrected chi connectivity index (χ1v) is 9.18. The Hall–Kier alpha value is -2.25. The van der Waals surface area contributed by atoms with Gasteiger partial charge in [-0.25, -0.2) is 13.1 Å². The summed E-state index contributed by atoms with van der Waals surface area (Å²) >= 11 is 0. The highest BCUT2D eigenvalue weighted by molar-refractivity contribution is 7.89. The number of aryl methyl sites for hydroxylation is 1. The summed E-state index contributed by atoms with van der Waals surface area (Å²) in [5.41, 5.74) is 3.48. The summed E-state index contributed by atoms with van der Waals surface area (Å²) in [5, 5.41) is 0. The van der Waals surface area contributed by atoms with Gasteiger partial charge in [-0.05, 0) is 48.6 Å². The van der Waals surface area contributed by atoms with E-state index in [1.54, 1.807) is 19.1 Å². The van der Waals surface area contributed by atoms with Crippen molar-refractivity contribution in [2.45, 2.75) is 38.0 Å². The van der Waals surface area contributed by atoms with Crippen LogP contribution >= 0.6 is 0 Å². The Morgan fingerprint density at radius 2 is 1.74 bits per heavy atom. The third-order valence-corrected chi connectivity index (χ3v) is 4.87. The molecule has 0 aliphatic rings. The van der Waals surface area contributed by atoms with Gasteiger partial charge in [0.2, 0.25) is 0 Å². The summed E-state index contributed by atoms with van der Waals surface area (Å²) in [5.74, 6) is 2.52. The van der Waals surface area contributed by atoms with Gasteiger partial charge in [-0.15, -0.1) is 0 Å². The molecule has 0 atom stereocenters. The van der Waals surface area contributed by atoms with Crippen LogP contribution in [0, 0.1) is 12.0 Å². The van der Waals surface area contributed by atoms with Crippen LogP contribution in [0.25, 0.3) is 11.1 Å². The Kier molecular flexibility index (Phi) is 5.84. The van der Waals surface area contributed by atoms with Crippen molar-refractivity contribution >= 4 is 10.0 Å². The third kappa shape index (κ3) is 4.37. The second kappa shape index (κ2) is 7.85. The largest absolute Gasteiger partial charge is 0.268 e. The highest BCUT2D eigenvalue weighted by Crippen LogP contribution is 2.26. The molecule has 120 valence electrons. The van der Waals surface area contributed by atoms with Crippen LogP contribution in [-0.2, 0) is 16.4 Å². The van der Waals surface area contributed by atoms with Crippen LogP contribution in [0.4, 0.5) is 0 Å². The van der Waals surface area contributed by atoms with Crippen LogP contribution < -0.4 is 4.72 Å². The minimum atomic E-state index is -3.57. The van der Waals surface area contributed by atoms with E-state index in [1.807, 2.05) is 24.3 Å². The van der Waals surface area contributed by atoms with E-state index in [0.717, 1.165) is 30.4 Å². The zero-order valence-electron chi connectivity index (χ0n) is 13.5.